The first kappa shape index (κ1) is 13.3. The summed E-state index contributed by atoms with van der Waals surface area (Å²) in [6.45, 7) is 3.96. The number of hydrogen-bond donors (Lipinski definition) is 1. The molecule has 0 spiro atoms. The Morgan fingerprint density at radius 2 is 2.30 bits per heavy atom. The van der Waals surface area contributed by atoms with Gasteiger partial charge in [-0.1, -0.05) is 18.9 Å². The Kier molecular flexibility index (Phi) is 3.33. The predicted molar refractivity (Wildman–Crippen MR) is 75.9 cm³/mol. The van der Waals surface area contributed by atoms with E-state index in [1.54, 1.807) is 6.33 Å². The second kappa shape index (κ2) is 5.01. The lowest BCUT2D eigenvalue weighted by Crippen LogP contribution is -2.19. The molecule has 1 aliphatic carbocycles. The van der Waals surface area contributed by atoms with Crippen LogP contribution in [0.15, 0.2) is 12.4 Å². The number of rotatable bonds is 2. The summed E-state index contributed by atoms with van der Waals surface area (Å²) in [5.74, 6) is 2.73. The number of aliphatic hydroxyl groups is 1. The maximum absolute atomic E-state index is 10.0. The minimum atomic E-state index is -0.403. The van der Waals surface area contributed by atoms with Crippen LogP contribution in [0.2, 0.25) is 0 Å². The largest absolute Gasteiger partial charge is 0.390 e. The monoisotopic (exact) mass is 270 g/mol. The van der Waals surface area contributed by atoms with Gasteiger partial charge in [-0.05, 0) is 13.3 Å². The molecule has 4 nitrogen and oxygen atoms in total. The van der Waals surface area contributed by atoms with Gasteiger partial charge in [-0.3, -0.25) is 0 Å². The van der Waals surface area contributed by atoms with E-state index >= 15 is 0 Å². The molecule has 0 amide bonds. The molecule has 0 aromatic carbocycles. The molecule has 1 aromatic heterocycles. The number of aromatic nitrogens is 2. The number of hydrogen-bond acceptors (Lipinski definition) is 4. The van der Waals surface area contributed by atoms with Crippen LogP contribution in [0, 0.1) is 19.3 Å². The highest BCUT2D eigenvalue weighted by molar-refractivity contribution is 5.85. The zero-order chi connectivity index (χ0) is 14.3. The highest BCUT2D eigenvalue weighted by Gasteiger charge is 2.40. The summed E-state index contributed by atoms with van der Waals surface area (Å²) >= 11 is 0. The summed E-state index contributed by atoms with van der Waals surface area (Å²) in [5.41, 5.74) is 3.62. The van der Waals surface area contributed by atoms with E-state index in [0.717, 1.165) is 28.9 Å². The van der Waals surface area contributed by atoms with Gasteiger partial charge in [0.25, 0.3) is 0 Å². The number of allylic oxidation sites excluding steroid dienone is 1. The van der Waals surface area contributed by atoms with Crippen molar-refractivity contribution in [1.82, 2.24) is 9.97 Å². The minimum absolute atomic E-state index is 0.0175. The first-order valence-corrected chi connectivity index (χ1v) is 6.99. The van der Waals surface area contributed by atoms with E-state index in [4.69, 9.17) is 11.2 Å². The smallest absolute Gasteiger partial charge is 0.115 e. The Balaban J connectivity index is 1.96. The topological polar surface area (TPSA) is 55.2 Å². The molecule has 4 heteroatoms. The Morgan fingerprint density at radius 3 is 2.95 bits per heavy atom. The summed E-state index contributed by atoms with van der Waals surface area (Å²) in [6.07, 6.45) is 10.1. The highest BCUT2D eigenvalue weighted by atomic mass is 16.5. The predicted octanol–water partition coefficient (Wildman–Crippen LogP) is 1.83. The van der Waals surface area contributed by atoms with E-state index < -0.39 is 6.10 Å². The molecule has 1 N–H and O–H groups in total. The fourth-order valence-corrected chi connectivity index (χ4v) is 3.18. The molecule has 1 aliphatic heterocycles. The Labute approximate surface area is 118 Å². The van der Waals surface area contributed by atoms with Crippen LogP contribution in [-0.2, 0) is 4.74 Å². The second-order valence-corrected chi connectivity index (χ2v) is 5.39. The number of ether oxygens (including phenoxy) is 1. The summed E-state index contributed by atoms with van der Waals surface area (Å²) in [5, 5.41) is 10.0. The lowest BCUT2D eigenvalue weighted by atomic mass is 9.96. The van der Waals surface area contributed by atoms with E-state index in [2.05, 4.69) is 15.9 Å². The van der Waals surface area contributed by atoms with Gasteiger partial charge >= 0.3 is 0 Å². The van der Waals surface area contributed by atoms with Crippen LogP contribution in [-0.4, -0.2) is 33.4 Å². The number of nitrogens with zero attached hydrogens (tertiary/aromatic N) is 2. The van der Waals surface area contributed by atoms with Crippen molar-refractivity contribution in [3.63, 3.8) is 0 Å². The first-order valence-electron chi connectivity index (χ1n) is 6.99. The van der Waals surface area contributed by atoms with Crippen LogP contribution in [0.3, 0.4) is 0 Å². The molecule has 1 aromatic rings. The van der Waals surface area contributed by atoms with Gasteiger partial charge in [-0.2, -0.15) is 0 Å². The van der Waals surface area contributed by atoms with Gasteiger partial charge in [-0.15, -0.1) is 6.42 Å². The maximum Gasteiger partial charge on any atom is 0.115 e. The first-order chi connectivity index (χ1) is 9.65. The highest BCUT2D eigenvalue weighted by Crippen LogP contribution is 2.42. The average Bonchev–Trinajstić information content (AvgIpc) is 3.00. The fourth-order valence-electron chi connectivity index (χ4n) is 3.18. The molecular formula is C16H18N2O2. The SMILES string of the molecule is C#CC1=CC([C@H]2CC(O)[C@@H](CC)O2)c2ncnc(C)c21. The van der Waals surface area contributed by atoms with E-state index in [1.165, 1.54) is 0 Å². The Hall–Kier alpha value is -1.70. The maximum atomic E-state index is 10.0. The van der Waals surface area contributed by atoms with Crippen molar-refractivity contribution >= 4 is 5.57 Å². The van der Waals surface area contributed by atoms with Crippen molar-refractivity contribution in [2.75, 3.05) is 0 Å². The Bertz CT molecular complexity index is 603. The van der Waals surface area contributed by atoms with Crippen molar-refractivity contribution in [2.24, 2.45) is 0 Å². The molecule has 4 atom stereocenters. The van der Waals surface area contributed by atoms with Gasteiger partial charge in [0.15, 0.2) is 0 Å². The van der Waals surface area contributed by atoms with Crippen LogP contribution in [0.5, 0.6) is 0 Å². The van der Waals surface area contributed by atoms with E-state index in [-0.39, 0.29) is 18.1 Å². The summed E-state index contributed by atoms with van der Waals surface area (Å²) in [6, 6.07) is 0. The van der Waals surface area contributed by atoms with Crippen molar-refractivity contribution in [3.8, 4) is 12.3 Å². The number of fused-ring (bicyclic) bond motifs is 1. The summed E-state index contributed by atoms with van der Waals surface area (Å²) < 4.78 is 5.97. The Morgan fingerprint density at radius 1 is 1.50 bits per heavy atom. The molecule has 0 bridgehead atoms. The summed E-state index contributed by atoms with van der Waals surface area (Å²) in [4.78, 5) is 8.62. The molecule has 0 radical (unpaired) electrons. The molecule has 104 valence electrons. The molecule has 3 rings (SSSR count). The lowest BCUT2D eigenvalue weighted by Gasteiger charge is -2.18. The zero-order valence-electron chi connectivity index (χ0n) is 11.7. The number of aliphatic hydroxyl groups excluding tert-OH is 1. The molecule has 2 unspecified atom stereocenters. The van der Waals surface area contributed by atoms with Crippen molar-refractivity contribution < 1.29 is 9.84 Å². The van der Waals surface area contributed by atoms with Crippen LogP contribution >= 0.6 is 0 Å². The van der Waals surface area contributed by atoms with Gasteiger partial charge in [0.1, 0.15) is 6.33 Å². The molecular weight excluding hydrogens is 252 g/mol. The van der Waals surface area contributed by atoms with E-state index in [9.17, 15) is 5.11 Å². The fraction of sp³-hybridized carbons (Fsp3) is 0.500. The van der Waals surface area contributed by atoms with Crippen molar-refractivity contribution in [3.05, 3.63) is 29.4 Å². The third kappa shape index (κ3) is 1.94. The number of terminal acetylenes is 1. The normalized spacial score (nSPS) is 31.8. The molecule has 1 fully saturated rings. The van der Waals surface area contributed by atoms with E-state index in [1.807, 2.05) is 19.9 Å². The van der Waals surface area contributed by atoms with Crippen LogP contribution < -0.4 is 0 Å². The van der Waals surface area contributed by atoms with Crippen LogP contribution in [0.25, 0.3) is 5.57 Å². The third-order valence-electron chi connectivity index (χ3n) is 4.21. The zero-order valence-corrected chi connectivity index (χ0v) is 11.7. The van der Waals surface area contributed by atoms with Crippen LogP contribution in [0.1, 0.15) is 42.6 Å². The van der Waals surface area contributed by atoms with E-state index in [0.29, 0.717) is 6.42 Å². The van der Waals surface area contributed by atoms with Gasteiger partial charge in [0, 0.05) is 29.2 Å². The van der Waals surface area contributed by atoms with Crippen molar-refractivity contribution in [2.45, 2.75) is 50.9 Å². The molecule has 2 aliphatic rings. The minimum Gasteiger partial charge on any atom is -0.390 e. The molecule has 20 heavy (non-hydrogen) atoms. The quantitative estimate of drug-likeness (QED) is 0.833. The van der Waals surface area contributed by atoms with Crippen LogP contribution in [0.4, 0.5) is 0 Å². The average molecular weight is 270 g/mol. The second-order valence-electron chi connectivity index (χ2n) is 5.39. The molecule has 0 saturated carbocycles. The molecule has 1 saturated heterocycles. The van der Waals surface area contributed by atoms with Crippen molar-refractivity contribution in [1.29, 1.82) is 0 Å². The van der Waals surface area contributed by atoms with Gasteiger partial charge in [0.2, 0.25) is 0 Å². The van der Waals surface area contributed by atoms with Gasteiger partial charge < -0.3 is 9.84 Å². The van der Waals surface area contributed by atoms with Gasteiger partial charge in [-0.25, -0.2) is 9.97 Å². The summed E-state index contributed by atoms with van der Waals surface area (Å²) in [7, 11) is 0. The third-order valence-corrected chi connectivity index (χ3v) is 4.21. The molecule has 2 heterocycles. The number of aryl methyl sites for hydroxylation is 1. The lowest BCUT2D eigenvalue weighted by molar-refractivity contribution is 0.00398. The van der Waals surface area contributed by atoms with Gasteiger partial charge in [0.05, 0.1) is 24.0 Å². The standard InChI is InChI=1S/C16H18N2O2/c1-4-10-6-11(14-7-12(19)13(5-2)20-14)16-15(10)9(3)17-8-18-16/h1,6,8,11-14,19H,5,7H2,2-3H3/t11?,12?,13-,14-/m1/s1.